The van der Waals surface area contributed by atoms with Gasteiger partial charge in [-0.1, -0.05) is 35.3 Å². The van der Waals surface area contributed by atoms with Gasteiger partial charge in [0.25, 0.3) is 0 Å². The Morgan fingerprint density at radius 1 is 1.22 bits per heavy atom. The van der Waals surface area contributed by atoms with Crippen LogP contribution in [0.2, 0.25) is 10.2 Å². The molecule has 2 rings (SSSR count). The summed E-state index contributed by atoms with van der Waals surface area (Å²) in [6, 6.07) is 7.76. The van der Waals surface area contributed by atoms with E-state index in [4.69, 9.17) is 23.2 Å². The fourth-order valence-electron chi connectivity index (χ4n) is 1.79. The molecule has 0 saturated heterocycles. The summed E-state index contributed by atoms with van der Waals surface area (Å²) in [5.41, 5.74) is 2.00. The third-order valence-corrected chi connectivity index (χ3v) is 3.28. The second kappa shape index (κ2) is 5.55. The van der Waals surface area contributed by atoms with Gasteiger partial charge in [-0.2, -0.15) is 0 Å². The van der Waals surface area contributed by atoms with Gasteiger partial charge in [0.05, 0.1) is 0 Å². The van der Waals surface area contributed by atoms with E-state index >= 15 is 0 Å². The lowest BCUT2D eigenvalue weighted by Gasteiger charge is -2.20. The number of nitrogens with zero attached hydrogens (tertiary/aromatic N) is 3. The topological polar surface area (TPSA) is 29.0 Å². The monoisotopic (exact) mass is 281 g/mol. The Labute approximate surface area is 116 Å². The van der Waals surface area contributed by atoms with E-state index in [9.17, 15) is 0 Å². The maximum atomic E-state index is 5.99. The van der Waals surface area contributed by atoms with Crippen LogP contribution < -0.4 is 4.90 Å². The minimum absolute atomic E-state index is 0.484. The van der Waals surface area contributed by atoms with Gasteiger partial charge in [0, 0.05) is 24.2 Å². The summed E-state index contributed by atoms with van der Waals surface area (Å²) in [7, 11) is 1.96. The predicted octanol–water partition coefficient (Wildman–Crippen LogP) is 3.73. The van der Waals surface area contributed by atoms with Crippen LogP contribution in [-0.4, -0.2) is 17.0 Å². The molecule has 0 saturated carbocycles. The van der Waals surface area contributed by atoms with E-state index in [0.29, 0.717) is 5.15 Å². The first kappa shape index (κ1) is 13.1. The lowest BCUT2D eigenvalue weighted by atomic mass is 10.2. The van der Waals surface area contributed by atoms with Crippen LogP contribution in [-0.2, 0) is 6.54 Å². The molecule has 0 aliphatic carbocycles. The Balaban J connectivity index is 2.22. The number of rotatable bonds is 3. The van der Waals surface area contributed by atoms with Crippen LogP contribution in [0.5, 0.6) is 0 Å². The third-order valence-electron chi connectivity index (χ3n) is 2.67. The zero-order chi connectivity index (χ0) is 13.1. The fraction of sp³-hybridized carbons (Fsp3) is 0.231. The highest BCUT2D eigenvalue weighted by Gasteiger charge is 2.10. The van der Waals surface area contributed by atoms with Gasteiger partial charge in [-0.25, -0.2) is 9.97 Å². The molecule has 0 spiro atoms. The van der Waals surface area contributed by atoms with Crippen LogP contribution in [0.4, 0.5) is 5.82 Å². The molecule has 1 heterocycles. The van der Waals surface area contributed by atoms with Crippen LogP contribution >= 0.6 is 23.2 Å². The molecule has 1 aromatic heterocycles. The van der Waals surface area contributed by atoms with Crippen molar-refractivity contribution in [1.29, 1.82) is 0 Å². The first-order valence-electron chi connectivity index (χ1n) is 5.50. The molecule has 3 nitrogen and oxygen atoms in total. The average molecular weight is 282 g/mol. The Morgan fingerprint density at radius 2 is 2.00 bits per heavy atom. The molecule has 5 heteroatoms. The molecule has 0 N–H and O–H groups in total. The minimum Gasteiger partial charge on any atom is -0.355 e. The van der Waals surface area contributed by atoms with Crippen LogP contribution in [0.25, 0.3) is 0 Å². The number of hydrogen-bond acceptors (Lipinski definition) is 3. The molecule has 0 atom stereocenters. The maximum absolute atomic E-state index is 5.99. The highest BCUT2D eigenvalue weighted by molar-refractivity contribution is 6.30. The lowest BCUT2D eigenvalue weighted by molar-refractivity contribution is 0.882. The summed E-state index contributed by atoms with van der Waals surface area (Å²) in [6.45, 7) is 2.63. The number of aromatic nitrogens is 2. The number of benzene rings is 1. The molecule has 0 bridgehead atoms. The van der Waals surface area contributed by atoms with Gasteiger partial charge in [0.15, 0.2) is 0 Å². The second-order valence-electron chi connectivity index (χ2n) is 4.10. The van der Waals surface area contributed by atoms with E-state index in [0.717, 1.165) is 28.5 Å². The summed E-state index contributed by atoms with van der Waals surface area (Å²) < 4.78 is 0. The Kier molecular flexibility index (Phi) is 4.04. The van der Waals surface area contributed by atoms with Crippen molar-refractivity contribution in [2.75, 3.05) is 11.9 Å². The Bertz CT molecular complexity index is 558. The van der Waals surface area contributed by atoms with Crippen LogP contribution in [0.1, 0.15) is 11.1 Å². The van der Waals surface area contributed by atoms with Crippen molar-refractivity contribution in [2.45, 2.75) is 13.5 Å². The highest BCUT2D eigenvalue weighted by Crippen LogP contribution is 2.22. The molecule has 18 heavy (non-hydrogen) atoms. The summed E-state index contributed by atoms with van der Waals surface area (Å²) in [5, 5.41) is 1.22. The van der Waals surface area contributed by atoms with E-state index in [1.54, 1.807) is 0 Å². The van der Waals surface area contributed by atoms with E-state index in [1.165, 1.54) is 6.33 Å². The molecular formula is C13H13Cl2N3. The smallest absolute Gasteiger partial charge is 0.137 e. The summed E-state index contributed by atoms with van der Waals surface area (Å²) in [6.07, 6.45) is 1.47. The molecule has 0 amide bonds. The van der Waals surface area contributed by atoms with E-state index in [-0.39, 0.29) is 0 Å². The van der Waals surface area contributed by atoms with Crippen LogP contribution in [0.3, 0.4) is 0 Å². The van der Waals surface area contributed by atoms with Gasteiger partial charge in [-0.15, -0.1) is 0 Å². The molecule has 0 radical (unpaired) electrons. The molecule has 0 unspecified atom stereocenters. The van der Waals surface area contributed by atoms with Crippen molar-refractivity contribution < 1.29 is 0 Å². The molecule has 2 aromatic rings. The van der Waals surface area contributed by atoms with Crippen molar-refractivity contribution in [1.82, 2.24) is 9.97 Å². The third kappa shape index (κ3) is 2.92. The summed E-state index contributed by atoms with van der Waals surface area (Å²) >= 11 is 12.0. The maximum Gasteiger partial charge on any atom is 0.137 e. The van der Waals surface area contributed by atoms with Gasteiger partial charge < -0.3 is 4.90 Å². The number of halogens is 2. The Morgan fingerprint density at radius 3 is 2.72 bits per heavy atom. The average Bonchev–Trinajstić information content (AvgIpc) is 2.32. The molecule has 0 aliphatic heterocycles. The largest absolute Gasteiger partial charge is 0.355 e. The van der Waals surface area contributed by atoms with Gasteiger partial charge in [-0.05, 0) is 24.6 Å². The molecule has 1 aromatic carbocycles. The quantitative estimate of drug-likeness (QED) is 0.803. The summed E-state index contributed by atoms with van der Waals surface area (Å²) in [5.74, 6) is 0.829. The van der Waals surface area contributed by atoms with Gasteiger partial charge in [-0.3, -0.25) is 0 Å². The zero-order valence-electron chi connectivity index (χ0n) is 10.2. The number of anilines is 1. The minimum atomic E-state index is 0.484. The molecule has 94 valence electrons. The summed E-state index contributed by atoms with van der Waals surface area (Å²) in [4.78, 5) is 10.2. The molecule has 0 aliphatic rings. The van der Waals surface area contributed by atoms with E-state index in [1.807, 2.05) is 43.1 Å². The Hall–Kier alpha value is -1.32. The van der Waals surface area contributed by atoms with Crippen molar-refractivity contribution >= 4 is 29.0 Å². The van der Waals surface area contributed by atoms with E-state index in [2.05, 4.69) is 9.97 Å². The lowest BCUT2D eigenvalue weighted by Crippen LogP contribution is -2.19. The predicted molar refractivity (Wildman–Crippen MR) is 75.3 cm³/mol. The first-order valence-corrected chi connectivity index (χ1v) is 6.26. The van der Waals surface area contributed by atoms with Gasteiger partial charge >= 0.3 is 0 Å². The second-order valence-corrected chi connectivity index (χ2v) is 4.89. The van der Waals surface area contributed by atoms with Crippen LogP contribution in [0.15, 0.2) is 30.6 Å². The van der Waals surface area contributed by atoms with Crippen molar-refractivity contribution in [3.63, 3.8) is 0 Å². The highest BCUT2D eigenvalue weighted by atomic mass is 35.5. The van der Waals surface area contributed by atoms with Crippen molar-refractivity contribution in [2.24, 2.45) is 0 Å². The van der Waals surface area contributed by atoms with E-state index < -0.39 is 0 Å². The van der Waals surface area contributed by atoms with Gasteiger partial charge in [0.1, 0.15) is 17.3 Å². The van der Waals surface area contributed by atoms with Crippen LogP contribution in [0, 0.1) is 6.92 Å². The fourth-order valence-corrected chi connectivity index (χ4v) is 2.13. The number of hydrogen-bond donors (Lipinski definition) is 0. The van der Waals surface area contributed by atoms with Crippen molar-refractivity contribution in [3.8, 4) is 0 Å². The normalized spacial score (nSPS) is 10.4. The first-order chi connectivity index (χ1) is 8.58. The molecule has 0 fully saturated rings. The van der Waals surface area contributed by atoms with Gasteiger partial charge in [0.2, 0.25) is 0 Å². The SMILES string of the molecule is Cc1c(Cl)ncnc1N(C)Cc1cccc(Cl)c1. The molecular weight excluding hydrogens is 269 g/mol. The van der Waals surface area contributed by atoms with Crippen molar-refractivity contribution in [3.05, 3.63) is 51.9 Å². The standard InChI is InChI=1S/C13H13Cl2N3/c1-9-12(15)16-8-17-13(9)18(2)7-10-4-3-5-11(14)6-10/h3-6,8H,7H2,1-2H3. The zero-order valence-corrected chi connectivity index (χ0v) is 11.7.